The zero-order valence-electron chi connectivity index (χ0n) is 7.93. The third kappa shape index (κ3) is 3.71. The molecule has 1 nitrogen and oxygen atoms in total. The van der Waals surface area contributed by atoms with Crippen molar-refractivity contribution in [1.82, 2.24) is 5.32 Å². The summed E-state index contributed by atoms with van der Waals surface area (Å²) in [4.78, 5) is 0. The van der Waals surface area contributed by atoms with Crippen molar-refractivity contribution in [3.8, 4) is 0 Å². The molecule has 0 aliphatic rings. The van der Waals surface area contributed by atoms with Crippen molar-refractivity contribution in [3.05, 3.63) is 33.8 Å². The molecular formula is C10H14BrNS. The number of rotatable bonds is 4. The van der Waals surface area contributed by atoms with Crippen molar-refractivity contribution in [2.75, 3.05) is 12.1 Å². The Morgan fingerprint density at radius 2 is 2.23 bits per heavy atom. The minimum atomic E-state index is 0.951. The van der Waals surface area contributed by atoms with Gasteiger partial charge >= 0.3 is 0 Å². The van der Waals surface area contributed by atoms with Gasteiger partial charge < -0.3 is 5.32 Å². The van der Waals surface area contributed by atoms with Crippen LogP contribution >= 0.6 is 27.7 Å². The number of hydrogen-bond acceptors (Lipinski definition) is 2. The van der Waals surface area contributed by atoms with Crippen LogP contribution in [0, 0.1) is 6.92 Å². The summed E-state index contributed by atoms with van der Waals surface area (Å²) < 4.78 is 1.15. The van der Waals surface area contributed by atoms with E-state index in [2.05, 4.69) is 52.6 Å². The minimum absolute atomic E-state index is 0.951. The quantitative estimate of drug-likeness (QED) is 0.659. The summed E-state index contributed by atoms with van der Waals surface area (Å²) in [6.45, 7) is 3.09. The van der Waals surface area contributed by atoms with Crippen molar-refractivity contribution in [1.29, 1.82) is 0 Å². The fourth-order valence-corrected chi connectivity index (χ4v) is 1.83. The van der Waals surface area contributed by atoms with E-state index in [1.807, 2.05) is 11.8 Å². The average Bonchev–Trinajstić information content (AvgIpc) is 2.11. The molecule has 0 saturated heterocycles. The van der Waals surface area contributed by atoms with E-state index in [-0.39, 0.29) is 0 Å². The first-order chi connectivity index (χ1) is 6.24. The van der Waals surface area contributed by atoms with Crippen LogP contribution in [-0.4, -0.2) is 12.1 Å². The highest BCUT2D eigenvalue weighted by Crippen LogP contribution is 2.15. The van der Waals surface area contributed by atoms with Crippen LogP contribution in [0.1, 0.15) is 11.1 Å². The molecule has 0 fully saturated rings. The Morgan fingerprint density at radius 3 is 2.92 bits per heavy atom. The predicted octanol–water partition coefficient (Wildman–Crippen LogP) is 3.17. The van der Waals surface area contributed by atoms with Gasteiger partial charge in [-0.1, -0.05) is 22.0 Å². The first-order valence-corrected chi connectivity index (χ1v) is 6.37. The highest BCUT2D eigenvalue weighted by Gasteiger charge is 1.97. The van der Waals surface area contributed by atoms with E-state index in [0.717, 1.165) is 16.9 Å². The maximum atomic E-state index is 3.47. The molecule has 0 aromatic heterocycles. The molecule has 3 heteroatoms. The van der Waals surface area contributed by atoms with Crippen LogP contribution in [0.25, 0.3) is 0 Å². The van der Waals surface area contributed by atoms with E-state index < -0.39 is 0 Å². The van der Waals surface area contributed by atoms with Gasteiger partial charge in [-0.2, -0.15) is 0 Å². The maximum absolute atomic E-state index is 3.47. The van der Waals surface area contributed by atoms with E-state index in [1.165, 1.54) is 11.1 Å². The molecule has 1 aromatic carbocycles. The number of aryl methyl sites for hydroxylation is 1. The van der Waals surface area contributed by atoms with Gasteiger partial charge in [0.25, 0.3) is 0 Å². The Balaban J connectivity index is 2.59. The number of nitrogens with one attached hydrogen (secondary N) is 1. The van der Waals surface area contributed by atoms with Crippen LogP contribution in [-0.2, 0) is 6.54 Å². The Bertz CT molecular complexity index is 276. The molecule has 0 radical (unpaired) electrons. The molecule has 13 heavy (non-hydrogen) atoms. The molecule has 1 aromatic rings. The van der Waals surface area contributed by atoms with Gasteiger partial charge in [0.15, 0.2) is 0 Å². The summed E-state index contributed by atoms with van der Waals surface area (Å²) >= 11 is 5.28. The molecule has 0 unspecified atom stereocenters. The van der Waals surface area contributed by atoms with Gasteiger partial charge in [0.1, 0.15) is 0 Å². The van der Waals surface area contributed by atoms with Crippen LogP contribution < -0.4 is 5.32 Å². The van der Waals surface area contributed by atoms with Crippen LogP contribution in [0.3, 0.4) is 0 Å². The second-order valence-corrected chi connectivity index (χ2v) is 4.71. The molecule has 1 N–H and O–H groups in total. The number of benzene rings is 1. The van der Waals surface area contributed by atoms with E-state index in [9.17, 15) is 0 Å². The summed E-state index contributed by atoms with van der Waals surface area (Å²) in [5.74, 6) is 1.01. The fraction of sp³-hybridized carbons (Fsp3) is 0.400. The Hall–Kier alpha value is 0.01000. The maximum Gasteiger partial charge on any atom is 0.0417 e. The summed E-state index contributed by atoms with van der Waals surface area (Å²) in [6.07, 6.45) is 2.10. The Labute approximate surface area is 92.4 Å². The molecule has 0 bridgehead atoms. The van der Waals surface area contributed by atoms with Crippen LogP contribution in [0.15, 0.2) is 22.7 Å². The third-order valence-electron chi connectivity index (χ3n) is 1.87. The van der Waals surface area contributed by atoms with Crippen molar-refractivity contribution in [2.45, 2.75) is 13.5 Å². The number of thioether (sulfide) groups is 1. The second-order valence-electron chi connectivity index (χ2n) is 2.93. The molecule has 72 valence electrons. The van der Waals surface area contributed by atoms with Crippen molar-refractivity contribution in [3.63, 3.8) is 0 Å². The van der Waals surface area contributed by atoms with Gasteiger partial charge in [0.05, 0.1) is 0 Å². The molecule has 0 atom stereocenters. The lowest BCUT2D eigenvalue weighted by molar-refractivity contribution is 0.791. The topological polar surface area (TPSA) is 12.0 Å². The first-order valence-electron chi connectivity index (χ1n) is 4.18. The molecule has 0 spiro atoms. The van der Waals surface area contributed by atoms with Gasteiger partial charge in [0.2, 0.25) is 0 Å². The minimum Gasteiger partial charge on any atom is -0.304 e. The van der Waals surface area contributed by atoms with Gasteiger partial charge in [-0.15, -0.1) is 11.8 Å². The molecule has 0 amide bonds. The van der Waals surface area contributed by atoms with E-state index in [0.29, 0.717) is 0 Å². The molecular weight excluding hydrogens is 246 g/mol. The largest absolute Gasteiger partial charge is 0.304 e. The highest BCUT2D eigenvalue weighted by atomic mass is 79.9. The zero-order chi connectivity index (χ0) is 9.68. The monoisotopic (exact) mass is 259 g/mol. The molecule has 0 saturated carbocycles. The van der Waals surface area contributed by atoms with Gasteiger partial charge in [-0.25, -0.2) is 0 Å². The summed E-state index contributed by atoms with van der Waals surface area (Å²) in [5, 5.41) is 3.36. The SMILES string of the molecule is CSCNCc1cc(Br)ccc1C. The predicted molar refractivity (Wildman–Crippen MR) is 64.1 cm³/mol. The number of halogens is 1. The molecule has 0 aliphatic carbocycles. The molecule has 1 rings (SSSR count). The highest BCUT2D eigenvalue weighted by molar-refractivity contribution is 9.10. The number of hydrogen-bond donors (Lipinski definition) is 1. The first kappa shape index (κ1) is 11.1. The van der Waals surface area contributed by atoms with Gasteiger partial charge in [0, 0.05) is 16.9 Å². The third-order valence-corrected chi connectivity index (χ3v) is 2.86. The lowest BCUT2D eigenvalue weighted by atomic mass is 10.1. The second kappa shape index (κ2) is 5.68. The standard InChI is InChI=1S/C10H14BrNS/c1-8-3-4-10(11)5-9(8)6-12-7-13-2/h3-5,12H,6-7H2,1-2H3. The van der Waals surface area contributed by atoms with Crippen LogP contribution in [0.4, 0.5) is 0 Å². The lowest BCUT2D eigenvalue weighted by Gasteiger charge is -2.06. The van der Waals surface area contributed by atoms with Crippen molar-refractivity contribution in [2.24, 2.45) is 0 Å². The van der Waals surface area contributed by atoms with Gasteiger partial charge in [-0.3, -0.25) is 0 Å². The fourth-order valence-electron chi connectivity index (χ4n) is 1.12. The zero-order valence-corrected chi connectivity index (χ0v) is 10.3. The van der Waals surface area contributed by atoms with Crippen LogP contribution in [0.5, 0.6) is 0 Å². The summed E-state index contributed by atoms with van der Waals surface area (Å²) in [6, 6.07) is 6.39. The summed E-state index contributed by atoms with van der Waals surface area (Å²) in [7, 11) is 0. The van der Waals surface area contributed by atoms with Crippen LogP contribution in [0.2, 0.25) is 0 Å². The average molecular weight is 260 g/mol. The van der Waals surface area contributed by atoms with Crippen molar-refractivity contribution < 1.29 is 0 Å². The molecule has 0 heterocycles. The van der Waals surface area contributed by atoms with E-state index in [4.69, 9.17) is 0 Å². The normalized spacial score (nSPS) is 10.4. The van der Waals surface area contributed by atoms with Crippen molar-refractivity contribution >= 4 is 27.7 Å². The Morgan fingerprint density at radius 1 is 1.46 bits per heavy atom. The molecule has 0 aliphatic heterocycles. The van der Waals surface area contributed by atoms with E-state index >= 15 is 0 Å². The van der Waals surface area contributed by atoms with Gasteiger partial charge in [-0.05, 0) is 36.4 Å². The lowest BCUT2D eigenvalue weighted by Crippen LogP contribution is -2.12. The summed E-state index contributed by atoms with van der Waals surface area (Å²) in [5.41, 5.74) is 2.71. The van der Waals surface area contributed by atoms with E-state index in [1.54, 1.807) is 0 Å². The Kier molecular flexibility index (Phi) is 4.84. The smallest absolute Gasteiger partial charge is 0.0417 e.